The maximum Gasteiger partial charge on any atom is 0.161 e. The number of benzene rings is 1. The van der Waals surface area contributed by atoms with E-state index >= 15 is 0 Å². The van der Waals surface area contributed by atoms with Crippen molar-refractivity contribution < 1.29 is 14.3 Å². The highest BCUT2D eigenvalue weighted by molar-refractivity contribution is 6.35. The summed E-state index contributed by atoms with van der Waals surface area (Å²) in [4.78, 5) is 25.9. The second-order valence-corrected chi connectivity index (χ2v) is 8.15. The van der Waals surface area contributed by atoms with Crippen LogP contribution in [0.5, 0.6) is 5.75 Å². The summed E-state index contributed by atoms with van der Waals surface area (Å²) in [6, 6.07) is 3.38. The van der Waals surface area contributed by atoms with E-state index in [1.807, 2.05) is 0 Å². The molecule has 4 rings (SSSR count). The Labute approximate surface area is 174 Å². The molecule has 4 nitrogen and oxygen atoms in total. The van der Waals surface area contributed by atoms with Crippen LogP contribution >= 0.6 is 23.2 Å². The van der Waals surface area contributed by atoms with Crippen LogP contribution in [0.2, 0.25) is 10.0 Å². The van der Waals surface area contributed by atoms with Gasteiger partial charge in [-0.05, 0) is 37.8 Å². The molecule has 1 heterocycles. The Kier molecular flexibility index (Phi) is 5.35. The van der Waals surface area contributed by atoms with Gasteiger partial charge in [0.15, 0.2) is 11.6 Å². The maximum atomic E-state index is 12.9. The molecule has 146 valence electrons. The van der Waals surface area contributed by atoms with Gasteiger partial charge in [-0.15, -0.1) is 0 Å². The Bertz CT molecular complexity index is 903. The third-order valence-electron chi connectivity index (χ3n) is 5.49. The van der Waals surface area contributed by atoms with Crippen LogP contribution in [0.4, 0.5) is 0 Å². The molecule has 3 aliphatic rings. The summed E-state index contributed by atoms with van der Waals surface area (Å²) in [5.74, 6) is 0.0834. The summed E-state index contributed by atoms with van der Waals surface area (Å²) < 4.78 is 5.86. The predicted molar refractivity (Wildman–Crippen MR) is 110 cm³/mol. The van der Waals surface area contributed by atoms with E-state index in [0.717, 1.165) is 37.1 Å². The van der Waals surface area contributed by atoms with Crippen LogP contribution in [-0.2, 0) is 9.59 Å². The number of nitrogens with one attached hydrogen (secondary N) is 1. The van der Waals surface area contributed by atoms with E-state index < -0.39 is 5.92 Å². The van der Waals surface area contributed by atoms with Gasteiger partial charge in [0.1, 0.15) is 12.4 Å². The second kappa shape index (κ2) is 7.76. The number of hydrogen-bond donors (Lipinski definition) is 1. The SMILES string of the molecule is C=CCOc1c(Cl)cc(Cl)cc1C1C2=C(CCCC2=O)NC2=C1C(=O)CCC2. The van der Waals surface area contributed by atoms with Crippen LogP contribution in [0, 0.1) is 0 Å². The number of halogens is 2. The highest BCUT2D eigenvalue weighted by atomic mass is 35.5. The molecule has 28 heavy (non-hydrogen) atoms. The fraction of sp³-hybridized carbons (Fsp3) is 0.364. The normalized spacial score (nSPS) is 19.9. The maximum absolute atomic E-state index is 12.9. The van der Waals surface area contributed by atoms with Crippen LogP contribution in [0.25, 0.3) is 0 Å². The third kappa shape index (κ3) is 3.29. The first-order valence-electron chi connectivity index (χ1n) is 9.53. The summed E-state index contributed by atoms with van der Waals surface area (Å²) >= 11 is 12.8. The number of carbonyl (C=O) groups is 2. The topological polar surface area (TPSA) is 55.4 Å². The summed E-state index contributed by atoms with van der Waals surface area (Å²) in [6.45, 7) is 3.95. The molecule has 1 N–H and O–H groups in total. The highest BCUT2D eigenvalue weighted by Gasteiger charge is 2.41. The van der Waals surface area contributed by atoms with Gasteiger partial charge < -0.3 is 10.1 Å². The number of carbonyl (C=O) groups excluding carboxylic acids is 2. The number of ether oxygens (including phenoxy) is 1. The number of dihydropyridines is 1. The smallest absolute Gasteiger partial charge is 0.161 e. The minimum Gasteiger partial charge on any atom is -0.488 e. The molecule has 0 radical (unpaired) electrons. The molecular formula is C22H21Cl2NO3. The minimum absolute atomic E-state index is 0.0643. The molecule has 0 spiro atoms. The Balaban J connectivity index is 1.96. The van der Waals surface area contributed by atoms with Crippen molar-refractivity contribution in [3.05, 3.63) is 62.9 Å². The van der Waals surface area contributed by atoms with Gasteiger partial charge in [0, 0.05) is 51.9 Å². The molecule has 0 unspecified atom stereocenters. The fourth-order valence-electron chi connectivity index (χ4n) is 4.38. The lowest BCUT2D eigenvalue weighted by molar-refractivity contribution is -0.116. The quantitative estimate of drug-likeness (QED) is 0.678. The van der Waals surface area contributed by atoms with Crippen LogP contribution in [0.3, 0.4) is 0 Å². The molecule has 0 fully saturated rings. The Morgan fingerprint density at radius 2 is 1.64 bits per heavy atom. The van der Waals surface area contributed by atoms with E-state index in [2.05, 4.69) is 11.9 Å². The van der Waals surface area contributed by atoms with E-state index in [1.54, 1.807) is 18.2 Å². The zero-order valence-electron chi connectivity index (χ0n) is 15.4. The summed E-state index contributed by atoms with van der Waals surface area (Å²) in [5, 5.41) is 4.21. The predicted octanol–water partition coefficient (Wildman–Crippen LogP) is 5.26. The first-order valence-corrected chi connectivity index (χ1v) is 10.3. The van der Waals surface area contributed by atoms with Crippen molar-refractivity contribution >= 4 is 34.8 Å². The van der Waals surface area contributed by atoms with Gasteiger partial charge in [0.2, 0.25) is 0 Å². The molecule has 0 aromatic heterocycles. The lowest BCUT2D eigenvalue weighted by Gasteiger charge is -2.37. The van der Waals surface area contributed by atoms with Gasteiger partial charge in [-0.3, -0.25) is 9.59 Å². The van der Waals surface area contributed by atoms with Crippen molar-refractivity contribution in [2.75, 3.05) is 6.61 Å². The molecule has 6 heteroatoms. The first-order chi connectivity index (χ1) is 13.5. The van der Waals surface area contributed by atoms with Gasteiger partial charge in [0.05, 0.1) is 5.02 Å². The molecule has 1 aromatic rings. The lowest BCUT2D eigenvalue weighted by atomic mass is 9.71. The summed E-state index contributed by atoms with van der Waals surface area (Å²) in [6.07, 6.45) is 5.79. The number of allylic oxidation sites excluding steroid dienone is 4. The van der Waals surface area contributed by atoms with Crippen molar-refractivity contribution in [1.29, 1.82) is 0 Å². The van der Waals surface area contributed by atoms with Gasteiger partial charge in [-0.1, -0.05) is 35.9 Å². The first kappa shape index (κ1) is 19.3. The van der Waals surface area contributed by atoms with Crippen molar-refractivity contribution in [2.24, 2.45) is 0 Å². The van der Waals surface area contributed by atoms with Crippen LogP contribution in [0.15, 0.2) is 47.3 Å². The van der Waals surface area contributed by atoms with E-state index in [4.69, 9.17) is 27.9 Å². The van der Waals surface area contributed by atoms with Crippen molar-refractivity contribution in [3.8, 4) is 5.75 Å². The molecule has 0 saturated heterocycles. The lowest BCUT2D eigenvalue weighted by Crippen LogP contribution is -2.36. The summed E-state index contributed by atoms with van der Waals surface area (Å²) in [5.41, 5.74) is 3.82. The van der Waals surface area contributed by atoms with E-state index in [0.29, 0.717) is 45.3 Å². The number of hydrogen-bond acceptors (Lipinski definition) is 4. The minimum atomic E-state index is -0.497. The molecular weight excluding hydrogens is 397 g/mol. The van der Waals surface area contributed by atoms with Crippen LogP contribution in [0.1, 0.15) is 50.0 Å². The van der Waals surface area contributed by atoms with Gasteiger partial charge in [-0.2, -0.15) is 0 Å². The average molecular weight is 418 g/mol. The summed E-state index contributed by atoms with van der Waals surface area (Å²) in [7, 11) is 0. The zero-order valence-corrected chi connectivity index (χ0v) is 17.0. The number of rotatable bonds is 4. The number of Topliss-reactive ketones (excluding diaryl/α,β-unsaturated/α-hetero) is 2. The highest BCUT2D eigenvalue weighted by Crippen LogP contribution is 2.49. The molecule has 0 atom stereocenters. The molecule has 1 aliphatic heterocycles. The van der Waals surface area contributed by atoms with Crippen LogP contribution in [-0.4, -0.2) is 18.2 Å². The largest absolute Gasteiger partial charge is 0.488 e. The average Bonchev–Trinajstić information content (AvgIpc) is 2.66. The molecule has 0 saturated carbocycles. The van der Waals surface area contributed by atoms with Crippen molar-refractivity contribution in [3.63, 3.8) is 0 Å². The second-order valence-electron chi connectivity index (χ2n) is 7.30. The number of ketones is 2. The molecule has 2 aliphatic carbocycles. The van der Waals surface area contributed by atoms with E-state index in [1.165, 1.54) is 0 Å². The Morgan fingerprint density at radius 3 is 2.21 bits per heavy atom. The standard InChI is InChI=1S/C22H21Cl2NO3/c1-2-9-28-22-13(10-12(23)11-14(22)24)19-20-15(5-3-7-17(20)26)25-16-6-4-8-18(27)21(16)19/h2,10-11,19,25H,1,3-9H2. The third-order valence-corrected chi connectivity index (χ3v) is 5.98. The van der Waals surface area contributed by atoms with Gasteiger partial charge >= 0.3 is 0 Å². The van der Waals surface area contributed by atoms with Crippen LogP contribution < -0.4 is 10.1 Å². The van der Waals surface area contributed by atoms with Crippen molar-refractivity contribution in [2.45, 2.75) is 44.4 Å². The molecule has 0 amide bonds. The Hall–Kier alpha value is -2.04. The Morgan fingerprint density at radius 1 is 1.04 bits per heavy atom. The van der Waals surface area contributed by atoms with Gasteiger partial charge in [-0.25, -0.2) is 0 Å². The fourth-order valence-corrected chi connectivity index (χ4v) is 4.95. The van der Waals surface area contributed by atoms with E-state index in [-0.39, 0.29) is 18.2 Å². The zero-order chi connectivity index (χ0) is 19.8. The monoisotopic (exact) mass is 417 g/mol. The van der Waals surface area contributed by atoms with E-state index in [9.17, 15) is 9.59 Å². The van der Waals surface area contributed by atoms with Crippen molar-refractivity contribution in [1.82, 2.24) is 5.32 Å². The molecule has 0 bridgehead atoms. The van der Waals surface area contributed by atoms with Gasteiger partial charge in [0.25, 0.3) is 0 Å². The molecule has 1 aromatic carbocycles.